The van der Waals surface area contributed by atoms with Crippen molar-refractivity contribution in [2.45, 2.75) is 16.5 Å². The maximum absolute atomic E-state index is 11.0. The van der Waals surface area contributed by atoms with Crippen molar-refractivity contribution in [1.82, 2.24) is 4.57 Å². The summed E-state index contributed by atoms with van der Waals surface area (Å²) in [5.74, 6) is 0. The molecule has 0 bridgehead atoms. The molecule has 2 aromatic rings. The Morgan fingerprint density at radius 2 is 1.94 bits per heavy atom. The Morgan fingerprint density at radius 3 is 2.62 bits per heavy atom. The van der Waals surface area contributed by atoms with Gasteiger partial charge < -0.3 is 0 Å². The van der Waals surface area contributed by atoms with Gasteiger partial charge in [0.1, 0.15) is 0 Å². The third kappa shape index (κ3) is 3.01. The van der Waals surface area contributed by atoms with E-state index in [1.807, 2.05) is 41.1 Å². The van der Waals surface area contributed by atoms with Gasteiger partial charge in [-0.1, -0.05) is 0 Å². The summed E-state index contributed by atoms with van der Waals surface area (Å²) in [6, 6.07) is 14.1. The van der Waals surface area contributed by atoms with E-state index in [1.54, 1.807) is 11.8 Å². The molecule has 1 aromatic heterocycles. The van der Waals surface area contributed by atoms with Gasteiger partial charge in [0.2, 0.25) is 0 Å². The van der Waals surface area contributed by atoms with E-state index in [-0.39, 0.29) is 4.68 Å². The van der Waals surface area contributed by atoms with Crippen molar-refractivity contribution < 1.29 is 4.79 Å². The van der Waals surface area contributed by atoms with E-state index in [0.29, 0.717) is 6.54 Å². The number of benzene rings is 1. The fourth-order valence-corrected chi connectivity index (χ4v) is 2.59. The molecule has 0 atom stereocenters. The molecule has 2 rings (SSSR count). The molecule has 0 spiro atoms. The van der Waals surface area contributed by atoms with Crippen molar-refractivity contribution in [2.24, 2.45) is 0 Å². The Labute approximate surface area is 107 Å². The number of carbonyl (C=O) groups is 1. The van der Waals surface area contributed by atoms with Crippen molar-refractivity contribution in [2.75, 3.05) is 0 Å². The molecular formula is C12H10NOSSe. The topological polar surface area (TPSA) is 22.0 Å². The summed E-state index contributed by atoms with van der Waals surface area (Å²) in [5.41, 5.74) is 0. The van der Waals surface area contributed by atoms with Gasteiger partial charge in [-0.15, -0.1) is 0 Å². The quantitative estimate of drug-likeness (QED) is 0.808. The van der Waals surface area contributed by atoms with Gasteiger partial charge in [0.05, 0.1) is 0 Å². The summed E-state index contributed by atoms with van der Waals surface area (Å²) in [4.78, 5) is 12.2. The van der Waals surface area contributed by atoms with Crippen molar-refractivity contribution in [3.8, 4) is 0 Å². The molecule has 2 nitrogen and oxygen atoms in total. The molecule has 0 amide bonds. The van der Waals surface area contributed by atoms with Crippen LogP contribution in [-0.4, -0.2) is 25.3 Å². The van der Waals surface area contributed by atoms with Gasteiger partial charge in [-0.2, -0.15) is 0 Å². The van der Waals surface area contributed by atoms with Crippen LogP contribution < -0.4 is 0 Å². The second kappa shape index (κ2) is 5.39. The Balaban J connectivity index is 2.16. The van der Waals surface area contributed by atoms with Crippen LogP contribution in [0.15, 0.2) is 58.6 Å². The first-order valence-electron chi connectivity index (χ1n) is 4.83. The molecule has 1 heterocycles. The molecule has 4 heteroatoms. The molecule has 16 heavy (non-hydrogen) atoms. The Hall–Kier alpha value is -0.961. The molecule has 1 radical (unpaired) electrons. The van der Waals surface area contributed by atoms with E-state index in [1.165, 1.54) is 4.90 Å². The maximum atomic E-state index is 11.0. The predicted octanol–water partition coefficient (Wildman–Crippen LogP) is 2.33. The van der Waals surface area contributed by atoms with Crippen LogP contribution in [0.2, 0.25) is 0 Å². The fraction of sp³-hybridized carbons (Fsp3) is 0.0833. The van der Waals surface area contributed by atoms with Crippen LogP contribution in [0, 0.1) is 0 Å². The summed E-state index contributed by atoms with van der Waals surface area (Å²) in [5, 5.41) is 1.08. The van der Waals surface area contributed by atoms with E-state index < -0.39 is 0 Å². The molecule has 0 N–H and O–H groups in total. The molecule has 0 fully saturated rings. The zero-order valence-corrected chi connectivity index (χ0v) is 11.0. The van der Waals surface area contributed by atoms with Gasteiger partial charge in [0.15, 0.2) is 0 Å². The fourth-order valence-electron chi connectivity index (χ4n) is 1.37. The predicted molar refractivity (Wildman–Crippen MR) is 65.8 cm³/mol. The number of hydrogen-bond donors (Lipinski definition) is 0. The van der Waals surface area contributed by atoms with Gasteiger partial charge in [0.25, 0.3) is 0 Å². The molecule has 0 saturated carbocycles. The number of carbonyl (C=O) groups excluding carboxylic acids is 1. The number of nitrogens with zero attached hydrogens (tertiary/aromatic N) is 1. The van der Waals surface area contributed by atoms with Crippen LogP contribution in [0.25, 0.3) is 0 Å². The van der Waals surface area contributed by atoms with Gasteiger partial charge in [0, 0.05) is 0 Å². The third-order valence-electron chi connectivity index (χ3n) is 2.05. The van der Waals surface area contributed by atoms with E-state index in [2.05, 4.69) is 28.1 Å². The Kier molecular flexibility index (Phi) is 3.88. The summed E-state index contributed by atoms with van der Waals surface area (Å²) >= 11 is 4.16. The molecule has 0 unspecified atom stereocenters. The van der Waals surface area contributed by atoms with Crippen molar-refractivity contribution in [3.05, 3.63) is 48.7 Å². The minimum atomic E-state index is 0.0473. The van der Waals surface area contributed by atoms with Gasteiger partial charge >= 0.3 is 107 Å². The summed E-state index contributed by atoms with van der Waals surface area (Å²) in [6.45, 7) is 0.391. The normalized spacial score (nSPS) is 10.2. The third-order valence-corrected chi connectivity index (χ3v) is 3.41. The monoisotopic (exact) mass is 296 g/mol. The van der Waals surface area contributed by atoms with Crippen LogP contribution >= 0.6 is 11.8 Å². The molecular weight excluding hydrogens is 285 g/mol. The van der Waals surface area contributed by atoms with Gasteiger partial charge in [-0.05, 0) is 0 Å². The van der Waals surface area contributed by atoms with Crippen molar-refractivity contribution in [1.29, 1.82) is 0 Å². The molecule has 0 aliphatic rings. The first-order chi connectivity index (χ1) is 7.75. The molecule has 0 saturated heterocycles. The second-order valence-electron chi connectivity index (χ2n) is 3.26. The SMILES string of the molecule is O=C([Se])Cn1cccc1Sc1ccccc1. The zero-order chi connectivity index (χ0) is 11.4. The average Bonchev–Trinajstić information content (AvgIpc) is 2.66. The van der Waals surface area contributed by atoms with E-state index >= 15 is 0 Å². The Morgan fingerprint density at radius 1 is 1.19 bits per heavy atom. The van der Waals surface area contributed by atoms with Gasteiger partial charge in [-0.25, -0.2) is 0 Å². The summed E-state index contributed by atoms with van der Waals surface area (Å²) in [6.07, 6.45) is 1.92. The standard InChI is InChI=1S/C12H10NOSSe/c14-12(16)9-13-8-4-7-11(13)15-10-5-2-1-3-6-10/h1-8H,9H2. The molecule has 81 valence electrons. The molecule has 0 aliphatic carbocycles. The van der Waals surface area contributed by atoms with E-state index in [0.717, 1.165) is 5.03 Å². The van der Waals surface area contributed by atoms with E-state index in [9.17, 15) is 4.79 Å². The first kappa shape index (κ1) is 11.5. The van der Waals surface area contributed by atoms with Crippen LogP contribution in [0.1, 0.15) is 0 Å². The average molecular weight is 295 g/mol. The van der Waals surface area contributed by atoms with Crippen LogP contribution in [-0.2, 0) is 11.3 Å². The van der Waals surface area contributed by atoms with Crippen molar-refractivity contribution in [3.63, 3.8) is 0 Å². The van der Waals surface area contributed by atoms with Crippen LogP contribution in [0.3, 0.4) is 0 Å². The molecule has 0 aliphatic heterocycles. The Bertz CT molecular complexity index is 481. The number of hydrogen-bond acceptors (Lipinski definition) is 2. The first-order valence-corrected chi connectivity index (χ1v) is 6.51. The molecule has 1 aromatic carbocycles. The van der Waals surface area contributed by atoms with Crippen LogP contribution in [0.5, 0.6) is 0 Å². The number of rotatable bonds is 4. The summed E-state index contributed by atoms with van der Waals surface area (Å²) in [7, 11) is 0. The van der Waals surface area contributed by atoms with Gasteiger partial charge in [-0.3, -0.25) is 0 Å². The minimum absolute atomic E-state index is 0.0473. The van der Waals surface area contributed by atoms with Crippen LogP contribution in [0.4, 0.5) is 0 Å². The summed E-state index contributed by atoms with van der Waals surface area (Å²) < 4.78 is 1.99. The van der Waals surface area contributed by atoms with Crippen molar-refractivity contribution >= 4 is 32.5 Å². The van der Waals surface area contributed by atoms with E-state index in [4.69, 9.17) is 0 Å². The number of aromatic nitrogens is 1. The second-order valence-corrected chi connectivity index (χ2v) is 5.31. The zero-order valence-electron chi connectivity index (χ0n) is 8.50.